The van der Waals surface area contributed by atoms with Crippen LogP contribution in [0.5, 0.6) is 0 Å². The molecular weight excluding hydrogens is 659 g/mol. The summed E-state index contributed by atoms with van der Waals surface area (Å²) in [7, 11) is -1.31. The fraction of sp³-hybridized carbons (Fsp3) is 0.242. The van der Waals surface area contributed by atoms with Gasteiger partial charge in [-0.05, 0) is 42.7 Å². The number of methoxy groups -OCH3 is 1. The predicted octanol–water partition coefficient (Wildman–Crippen LogP) is 3.16. The fourth-order valence-corrected chi connectivity index (χ4v) is 5.78. The van der Waals surface area contributed by atoms with Crippen LogP contribution in [0.4, 0.5) is 10.8 Å². The molecule has 252 valence electrons. The van der Waals surface area contributed by atoms with Crippen molar-refractivity contribution in [2.45, 2.75) is 31.5 Å². The van der Waals surface area contributed by atoms with Gasteiger partial charge in [-0.25, -0.2) is 18.2 Å². The first kappa shape index (κ1) is 35.7. The number of aliphatic hydroxyl groups excluding tert-OH is 1. The molecule has 1 heterocycles. The van der Waals surface area contributed by atoms with Gasteiger partial charge in [0.15, 0.2) is 16.9 Å². The van der Waals surface area contributed by atoms with Gasteiger partial charge in [-0.15, -0.1) is 11.3 Å². The van der Waals surface area contributed by atoms with Gasteiger partial charge in [0, 0.05) is 23.6 Å². The topological polar surface area (TPSA) is 184 Å². The molecule has 0 aliphatic carbocycles. The maximum absolute atomic E-state index is 13.8. The van der Waals surface area contributed by atoms with Gasteiger partial charge in [0.2, 0.25) is 10.0 Å². The number of nitrogens with one attached hydrogen (secondary N) is 3. The molecular formula is C33H35N5O8S2. The number of hydrogen-bond acceptors (Lipinski definition) is 10. The molecule has 0 radical (unpaired) electrons. The van der Waals surface area contributed by atoms with Gasteiger partial charge in [-0.1, -0.05) is 60.7 Å². The normalized spacial score (nSPS) is 13.0. The lowest BCUT2D eigenvalue weighted by Gasteiger charge is -2.24. The van der Waals surface area contributed by atoms with Crippen LogP contribution in [0.25, 0.3) is 0 Å². The average molecular weight is 694 g/mol. The number of thiazole rings is 1. The number of aromatic nitrogens is 1. The zero-order valence-electron chi connectivity index (χ0n) is 26.5. The molecule has 0 aliphatic rings. The van der Waals surface area contributed by atoms with Crippen LogP contribution in [0, 0.1) is 0 Å². The van der Waals surface area contributed by atoms with Crippen LogP contribution in [-0.4, -0.2) is 74.8 Å². The van der Waals surface area contributed by atoms with Gasteiger partial charge in [0.1, 0.15) is 0 Å². The first-order valence-corrected chi connectivity index (χ1v) is 17.3. The highest BCUT2D eigenvalue weighted by Crippen LogP contribution is 2.23. The number of sulfonamides is 1. The third kappa shape index (κ3) is 9.24. The molecule has 0 fully saturated rings. The van der Waals surface area contributed by atoms with E-state index in [0.717, 1.165) is 27.5 Å². The number of esters is 1. The van der Waals surface area contributed by atoms with Crippen molar-refractivity contribution in [2.75, 3.05) is 30.0 Å². The number of amides is 3. The Hall–Kier alpha value is -5.12. The summed E-state index contributed by atoms with van der Waals surface area (Å²) in [6, 6.07) is 20.4. The molecule has 3 atom stereocenters. The average Bonchev–Trinajstić information content (AvgIpc) is 3.55. The van der Waals surface area contributed by atoms with Gasteiger partial charge in [0.05, 0.1) is 31.1 Å². The highest BCUT2D eigenvalue weighted by Gasteiger charge is 2.30. The summed E-state index contributed by atoms with van der Waals surface area (Å²) in [6.45, 7) is 1.79. The number of carbonyl (C=O) groups is 4. The summed E-state index contributed by atoms with van der Waals surface area (Å²) in [5, 5.41) is 20.6. The Morgan fingerprint density at radius 3 is 2.10 bits per heavy atom. The molecule has 3 amide bonds. The maximum atomic E-state index is 13.8. The molecule has 48 heavy (non-hydrogen) atoms. The molecule has 0 aliphatic heterocycles. The van der Waals surface area contributed by atoms with Crippen molar-refractivity contribution in [2.24, 2.45) is 0 Å². The van der Waals surface area contributed by atoms with Crippen LogP contribution >= 0.6 is 11.3 Å². The summed E-state index contributed by atoms with van der Waals surface area (Å²) in [5.74, 6) is -2.94. The predicted molar refractivity (Wildman–Crippen MR) is 182 cm³/mol. The van der Waals surface area contributed by atoms with E-state index in [1.807, 2.05) is 30.3 Å². The standard InChI is InChI=1S/C33H35N5O8S2/c1-20(22-13-9-6-10-14-22)34-29(40)23-16-24(18-25(17-23)38(2)48(4,44)45)30(41)35-26(15-21-11-7-5-8-12-21)28(39)31(42)37-33-36-27(19-47-33)32(43)46-3/h5-14,16-20,26,28,39H,15H2,1-4H3,(H,34,40)(H,35,41)(H,36,37,42)/t20-,26+,28-/m1/s1. The third-order valence-electron chi connectivity index (χ3n) is 7.34. The number of ether oxygens (including phenoxy) is 1. The number of rotatable bonds is 13. The monoisotopic (exact) mass is 693 g/mol. The number of nitrogens with zero attached hydrogens (tertiary/aromatic N) is 2. The van der Waals surface area contributed by atoms with Gasteiger partial charge in [-0.3, -0.25) is 24.0 Å². The SMILES string of the molecule is COC(=O)c1csc(NC(=O)[C@H](O)[C@H](Cc2ccccc2)NC(=O)c2cc(C(=O)N[C@H](C)c3ccccc3)cc(N(C)S(C)(=O)=O)c2)n1. The van der Waals surface area contributed by atoms with Crippen molar-refractivity contribution in [3.63, 3.8) is 0 Å². The highest BCUT2D eigenvalue weighted by atomic mass is 32.2. The minimum Gasteiger partial charge on any atom is -0.464 e. The van der Waals surface area contributed by atoms with E-state index in [2.05, 4.69) is 25.7 Å². The van der Waals surface area contributed by atoms with E-state index < -0.39 is 51.9 Å². The Morgan fingerprint density at radius 1 is 0.938 bits per heavy atom. The fourth-order valence-electron chi connectivity index (χ4n) is 4.60. The van der Waals surface area contributed by atoms with E-state index >= 15 is 0 Å². The van der Waals surface area contributed by atoms with Gasteiger partial charge in [-0.2, -0.15) is 0 Å². The molecule has 15 heteroatoms. The first-order chi connectivity index (χ1) is 22.8. The minimum atomic E-state index is -3.79. The number of anilines is 2. The van der Waals surface area contributed by atoms with Crippen LogP contribution in [0.3, 0.4) is 0 Å². The van der Waals surface area contributed by atoms with E-state index in [9.17, 15) is 32.7 Å². The molecule has 4 N–H and O–H groups in total. The molecule has 0 unspecified atom stereocenters. The lowest BCUT2D eigenvalue weighted by Crippen LogP contribution is -2.50. The highest BCUT2D eigenvalue weighted by molar-refractivity contribution is 7.92. The van der Waals surface area contributed by atoms with E-state index in [-0.39, 0.29) is 34.1 Å². The lowest BCUT2D eigenvalue weighted by atomic mass is 9.99. The lowest BCUT2D eigenvalue weighted by molar-refractivity contribution is -0.125. The van der Waals surface area contributed by atoms with Crippen LogP contribution in [0.1, 0.15) is 55.3 Å². The molecule has 0 saturated heterocycles. The van der Waals surface area contributed by atoms with Crippen molar-refractivity contribution in [3.8, 4) is 0 Å². The second-order valence-electron chi connectivity index (χ2n) is 10.8. The number of aliphatic hydroxyl groups is 1. The Balaban J connectivity index is 1.63. The van der Waals surface area contributed by atoms with E-state index in [0.29, 0.717) is 5.56 Å². The maximum Gasteiger partial charge on any atom is 0.357 e. The van der Waals surface area contributed by atoms with Crippen molar-refractivity contribution in [3.05, 3.63) is 112 Å². The number of benzene rings is 3. The largest absolute Gasteiger partial charge is 0.464 e. The summed E-state index contributed by atoms with van der Waals surface area (Å²) in [4.78, 5) is 56.1. The van der Waals surface area contributed by atoms with E-state index in [4.69, 9.17) is 0 Å². The summed E-state index contributed by atoms with van der Waals surface area (Å²) >= 11 is 0.945. The van der Waals surface area contributed by atoms with Crippen molar-refractivity contribution in [1.29, 1.82) is 0 Å². The summed E-state index contributed by atoms with van der Waals surface area (Å²) < 4.78 is 30.4. The Labute approximate surface area is 282 Å². The molecule has 4 rings (SSSR count). The van der Waals surface area contributed by atoms with Gasteiger partial charge >= 0.3 is 5.97 Å². The Morgan fingerprint density at radius 2 is 1.52 bits per heavy atom. The smallest absolute Gasteiger partial charge is 0.357 e. The van der Waals surface area contributed by atoms with Crippen LogP contribution < -0.4 is 20.3 Å². The third-order valence-corrected chi connectivity index (χ3v) is 9.31. The van der Waals surface area contributed by atoms with E-state index in [1.165, 1.54) is 37.7 Å². The Kier molecular flexibility index (Phi) is 11.6. The van der Waals surface area contributed by atoms with E-state index in [1.54, 1.807) is 37.3 Å². The van der Waals surface area contributed by atoms with Crippen LogP contribution in [0.15, 0.2) is 84.2 Å². The van der Waals surface area contributed by atoms with Crippen molar-refractivity contribution < 1.29 is 37.4 Å². The summed E-state index contributed by atoms with van der Waals surface area (Å²) in [5.41, 5.74) is 1.47. The van der Waals surface area contributed by atoms with Gasteiger partial charge < -0.3 is 20.5 Å². The second kappa shape index (κ2) is 15.6. The molecule has 4 aromatic rings. The van der Waals surface area contributed by atoms with Gasteiger partial charge in [0.25, 0.3) is 17.7 Å². The van der Waals surface area contributed by atoms with Crippen LogP contribution in [0.2, 0.25) is 0 Å². The zero-order valence-corrected chi connectivity index (χ0v) is 28.2. The Bertz CT molecular complexity index is 1880. The summed E-state index contributed by atoms with van der Waals surface area (Å²) in [6.07, 6.45) is -0.786. The van der Waals surface area contributed by atoms with Crippen LogP contribution in [-0.2, 0) is 26.0 Å². The molecule has 3 aromatic carbocycles. The van der Waals surface area contributed by atoms with Crippen molar-refractivity contribution >= 4 is 55.9 Å². The zero-order chi connectivity index (χ0) is 35.0. The quantitative estimate of drug-likeness (QED) is 0.153. The second-order valence-corrected chi connectivity index (χ2v) is 13.7. The molecule has 0 spiro atoms. The van der Waals surface area contributed by atoms with Crippen molar-refractivity contribution in [1.82, 2.24) is 15.6 Å². The number of carbonyl (C=O) groups excluding carboxylic acids is 4. The molecule has 0 saturated carbocycles. The minimum absolute atomic E-state index is 0.0130. The first-order valence-electron chi connectivity index (χ1n) is 14.6. The molecule has 1 aromatic heterocycles. The number of hydrogen-bond donors (Lipinski definition) is 4. The molecule has 0 bridgehead atoms. The molecule has 13 nitrogen and oxygen atoms in total.